The summed E-state index contributed by atoms with van der Waals surface area (Å²) >= 11 is 6.62. The summed E-state index contributed by atoms with van der Waals surface area (Å²) in [5, 5.41) is 18.6. The van der Waals surface area contributed by atoms with Crippen molar-refractivity contribution in [3.63, 3.8) is 0 Å². The molecule has 2 aromatic rings. The molecule has 20 heavy (non-hydrogen) atoms. The van der Waals surface area contributed by atoms with Crippen LogP contribution in [0.2, 0.25) is 0 Å². The molecule has 0 amide bonds. The highest BCUT2D eigenvalue weighted by atomic mass is 79.9. The second kappa shape index (κ2) is 9.31. The van der Waals surface area contributed by atoms with Crippen LogP contribution in [0, 0.1) is 22.7 Å². The van der Waals surface area contributed by atoms with Gasteiger partial charge in [-0.15, -0.1) is 0 Å². The minimum Gasteiger partial charge on any atom is -0.192 e. The molecule has 0 heterocycles. The maximum absolute atomic E-state index is 8.49. The molecule has 2 rings (SSSR count). The molecule has 0 aliphatic carbocycles. The zero-order valence-corrected chi connectivity index (χ0v) is 13.9. The van der Waals surface area contributed by atoms with E-state index in [0.717, 1.165) is 32.9 Å². The molecule has 0 fully saturated rings. The fraction of sp³-hybridized carbons (Fsp3) is 0.125. The second-order valence-corrected chi connectivity index (χ2v) is 5.01. The van der Waals surface area contributed by atoms with Crippen LogP contribution >= 0.6 is 31.9 Å². The van der Waals surface area contributed by atoms with Gasteiger partial charge in [-0.05, 0) is 35.4 Å². The molecule has 0 unspecified atom stereocenters. The van der Waals surface area contributed by atoms with Crippen molar-refractivity contribution in [3.05, 3.63) is 70.8 Å². The van der Waals surface area contributed by atoms with Crippen molar-refractivity contribution < 1.29 is 0 Å². The molecule has 0 aliphatic heterocycles. The first-order chi connectivity index (χ1) is 9.73. The van der Waals surface area contributed by atoms with Gasteiger partial charge in [-0.25, -0.2) is 0 Å². The largest absolute Gasteiger partial charge is 0.192 e. The molecule has 0 atom stereocenters. The summed E-state index contributed by atoms with van der Waals surface area (Å²) in [5.74, 6) is 0. The van der Waals surface area contributed by atoms with Gasteiger partial charge in [0.2, 0.25) is 0 Å². The smallest absolute Gasteiger partial charge is 0.0991 e. The van der Waals surface area contributed by atoms with E-state index in [4.69, 9.17) is 10.5 Å². The first-order valence-corrected chi connectivity index (χ1v) is 8.07. The molecule has 0 radical (unpaired) electrons. The van der Waals surface area contributed by atoms with Gasteiger partial charge in [-0.2, -0.15) is 10.5 Å². The molecule has 0 N–H and O–H groups in total. The van der Waals surface area contributed by atoms with Crippen molar-refractivity contribution in [3.8, 4) is 12.1 Å². The molecule has 0 spiro atoms. The Kier molecular flexibility index (Phi) is 7.65. The Hall–Kier alpha value is -1.62. The highest BCUT2D eigenvalue weighted by Crippen LogP contribution is 2.07. The summed E-state index contributed by atoms with van der Waals surface area (Å²) in [6.45, 7) is 0. The Morgan fingerprint density at radius 1 is 0.750 bits per heavy atom. The van der Waals surface area contributed by atoms with Crippen molar-refractivity contribution in [1.82, 2.24) is 0 Å². The van der Waals surface area contributed by atoms with Crippen LogP contribution in [0.25, 0.3) is 0 Å². The minimum atomic E-state index is 0.719. The number of halogens is 2. The third-order valence-electron chi connectivity index (χ3n) is 2.42. The lowest BCUT2D eigenvalue weighted by Gasteiger charge is -1.92. The van der Waals surface area contributed by atoms with Gasteiger partial charge in [0, 0.05) is 10.7 Å². The molecule has 0 saturated carbocycles. The number of alkyl halides is 2. The summed E-state index contributed by atoms with van der Waals surface area (Å²) in [5.41, 5.74) is 3.71. The summed E-state index contributed by atoms with van der Waals surface area (Å²) < 4.78 is 0. The van der Waals surface area contributed by atoms with Gasteiger partial charge in [0.1, 0.15) is 0 Å². The summed E-state index contributed by atoms with van der Waals surface area (Å²) in [4.78, 5) is 0. The number of hydrogen-bond acceptors (Lipinski definition) is 2. The quantitative estimate of drug-likeness (QED) is 0.683. The lowest BCUT2D eigenvalue weighted by Crippen LogP contribution is -1.78. The van der Waals surface area contributed by atoms with E-state index in [0.29, 0.717) is 0 Å². The topological polar surface area (TPSA) is 47.6 Å². The van der Waals surface area contributed by atoms with Gasteiger partial charge in [0.15, 0.2) is 0 Å². The minimum absolute atomic E-state index is 0.719. The molecule has 100 valence electrons. The van der Waals surface area contributed by atoms with Crippen LogP contribution in [0.3, 0.4) is 0 Å². The van der Waals surface area contributed by atoms with Crippen molar-refractivity contribution in [1.29, 1.82) is 10.5 Å². The second-order valence-electron chi connectivity index (χ2n) is 3.89. The Bertz CT molecular complexity index is 582. The van der Waals surface area contributed by atoms with E-state index in [1.807, 2.05) is 36.4 Å². The van der Waals surface area contributed by atoms with Crippen molar-refractivity contribution in [2.45, 2.75) is 10.7 Å². The third kappa shape index (κ3) is 5.57. The Balaban J connectivity index is 0.000000200. The Morgan fingerprint density at radius 2 is 1.15 bits per heavy atom. The number of rotatable bonds is 2. The first-order valence-electron chi connectivity index (χ1n) is 5.83. The Labute approximate surface area is 135 Å². The fourth-order valence-electron chi connectivity index (χ4n) is 1.45. The van der Waals surface area contributed by atoms with Crippen LogP contribution in [0.4, 0.5) is 0 Å². The van der Waals surface area contributed by atoms with Gasteiger partial charge in [0.05, 0.1) is 23.3 Å². The maximum Gasteiger partial charge on any atom is 0.0991 e. The van der Waals surface area contributed by atoms with Gasteiger partial charge in [-0.1, -0.05) is 56.1 Å². The van der Waals surface area contributed by atoms with Crippen molar-refractivity contribution in [2.75, 3.05) is 0 Å². The molecule has 0 aromatic heterocycles. The standard InChI is InChI=1S/2C8H6BrN/c2*9-5-7-2-1-3-8(4-7)6-10/h2*1-4H,5H2. The highest BCUT2D eigenvalue weighted by molar-refractivity contribution is 9.08. The summed E-state index contributed by atoms with van der Waals surface area (Å²) in [6, 6.07) is 19.2. The molecule has 2 aromatic carbocycles. The van der Waals surface area contributed by atoms with Crippen LogP contribution in [0.1, 0.15) is 22.3 Å². The van der Waals surface area contributed by atoms with Crippen molar-refractivity contribution >= 4 is 31.9 Å². The molecular weight excluding hydrogens is 380 g/mol. The van der Waals surface area contributed by atoms with E-state index in [1.54, 1.807) is 12.1 Å². The van der Waals surface area contributed by atoms with Crippen LogP contribution in [-0.4, -0.2) is 0 Å². The van der Waals surface area contributed by atoms with Crippen molar-refractivity contribution in [2.24, 2.45) is 0 Å². The Morgan fingerprint density at radius 3 is 1.45 bits per heavy atom. The lowest BCUT2D eigenvalue weighted by molar-refractivity contribution is 1.40. The molecule has 0 bridgehead atoms. The van der Waals surface area contributed by atoms with Crippen LogP contribution < -0.4 is 0 Å². The van der Waals surface area contributed by atoms with Crippen LogP contribution in [0.15, 0.2) is 48.5 Å². The summed E-state index contributed by atoms with van der Waals surface area (Å²) in [7, 11) is 0. The molecule has 2 nitrogen and oxygen atoms in total. The SMILES string of the molecule is N#Cc1cccc(CBr)c1.N#Cc1cccc(CBr)c1. The molecule has 0 saturated heterocycles. The number of nitriles is 2. The van der Waals surface area contributed by atoms with E-state index >= 15 is 0 Å². The van der Waals surface area contributed by atoms with Gasteiger partial charge < -0.3 is 0 Å². The number of nitrogens with zero attached hydrogens (tertiary/aromatic N) is 2. The normalized spacial score (nSPS) is 8.80. The average molecular weight is 392 g/mol. The van der Waals surface area contributed by atoms with Crippen LogP contribution in [0.5, 0.6) is 0 Å². The predicted molar refractivity (Wildman–Crippen MR) is 87.6 cm³/mol. The number of hydrogen-bond donors (Lipinski definition) is 0. The molecule has 4 heteroatoms. The number of benzene rings is 2. The lowest BCUT2D eigenvalue weighted by atomic mass is 10.2. The third-order valence-corrected chi connectivity index (χ3v) is 3.72. The van der Waals surface area contributed by atoms with Gasteiger partial charge >= 0.3 is 0 Å². The van der Waals surface area contributed by atoms with E-state index in [1.165, 1.54) is 0 Å². The monoisotopic (exact) mass is 390 g/mol. The molecule has 0 aliphatic rings. The summed E-state index contributed by atoms with van der Waals surface area (Å²) in [6.07, 6.45) is 0. The van der Waals surface area contributed by atoms with E-state index in [2.05, 4.69) is 44.0 Å². The average Bonchev–Trinajstić information content (AvgIpc) is 2.55. The maximum atomic E-state index is 8.49. The van der Waals surface area contributed by atoms with E-state index in [-0.39, 0.29) is 0 Å². The van der Waals surface area contributed by atoms with Gasteiger partial charge in [-0.3, -0.25) is 0 Å². The van der Waals surface area contributed by atoms with E-state index in [9.17, 15) is 0 Å². The molecular formula is C16H12Br2N2. The van der Waals surface area contributed by atoms with Crippen LogP contribution in [-0.2, 0) is 10.7 Å². The van der Waals surface area contributed by atoms with Gasteiger partial charge in [0.25, 0.3) is 0 Å². The van der Waals surface area contributed by atoms with E-state index < -0.39 is 0 Å². The fourth-order valence-corrected chi connectivity index (χ4v) is 2.15. The zero-order chi connectivity index (χ0) is 14.8. The first kappa shape index (κ1) is 16.4. The predicted octanol–water partition coefficient (Wildman–Crippen LogP) is 4.91. The zero-order valence-electron chi connectivity index (χ0n) is 10.7. The highest BCUT2D eigenvalue weighted by Gasteiger charge is 1.91.